The van der Waals surface area contributed by atoms with E-state index in [0.29, 0.717) is 10.9 Å². The minimum absolute atomic E-state index is 0.130. The molecule has 1 N–H and O–H groups in total. The van der Waals surface area contributed by atoms with Crippen molar-refractivity contribution in [1.29, 1.82) is 0 Å². The topological polar surface area (TPSA) is 20.2 Å². The van der Waals surface area contributed by atoms with Crippen LogP contribution in [-0.2, 0) is 0 Å². The molecule has 5 heteroatoms. The first kappa shape index (κ1) is 9.63. The molecule has 0 saturated heterocycles. The molecule has 0 heterocycles. The van der Waals surface area contributed by atoms with Crippen molar-refractivity contribution in [3.63, 3.8) is 0 Å². The van der Waals surface area contributed by atoms with Gasteiger partial charge in [0.15, 0.2) is 0 Å². The van der Waals surface area contributed by atoms with E-state index in [4.69, 9.17) is 31.9 Å². The van der Waals surface area contributed by atoms with Gasteiger partial charge >= 0.3 is 64.3 Å². The SMILES string of the molecule is OCC[CH2][Sn]([Cl])([Cl])[Cl]. The van der Waals surface area contributed by atoms with Gasteiger partial charge in [-0.2, -0.15) is 0 Å². The van der Waals surface area contributed by atoms with E-state index in [-0.39, 0.29) is 6.61 Å². The standard InChI is InChI=1S/C3H7O.3ClH.Sn/c1-2-3-4;;;;/h4H,1-3H2;3*1H;/q;;;;+3/p-3. The average molecular weight is 284 g/mol. The molecular formula is C3H7Cl3OSn. The number of hydrogen-bond acceptors (Lipinski definition) is 1. The van der Waals surface area contributed by atoms with Crippen LogP contribution in [0, 0.1) is 0 Å². The normalized spacial score (nSPS) is 12.0. The summed E-state index contributed by atoms with van der Waals surface area (Å²) >= 11 is -3.05. The van der Waals surface area contributed by atoms with Gasteiger partial charge in [0.2, 0.25) is 0 Å². The molecule has 8 heavy (non-hydrogen) atoms. The number of halogens is 3. The molecule has 0 aromatic heterocycles. The summed E-state index contributed by atoms with van der Waals surface area (Å²) in [6.45, 7) is 0.130. The summed E-state index contributed by atoms with van der Waals surface area (Å²) in [5.74, 6) is 0. The summed E-state index contributed by atoms with van der Waals surface area (Å²) in [6, 6.07) is 0. The van der Waals surface area contributed by atoms with Crippen LogP contribution in [0.3, 0.4) is 0 Å². The van der Waals surface area contributed by atoms with Crippen molar-refractivity contribution in [2.45, 2.75) is 10.9 Å². The third kappa shape index (κ3) is 7.63. The van der Waals surface area contributed by atoms with Crippen LogP contribution < -0.4 is 0 Å². The zero-order chi connectivity index (χ0) is 6.62. The van der Waals surface area contributed by atoms with E-state index in [2.05, 4.69) is 0 Å². The molecule has 0 saturated carbocycles. The van der Waals surface area contributed by atoms with Gasteiger partial charge in [0.05, 0.1) is 0 Å². The van der Waals surface area contributed by atoms with Crippen molar-refractivity contribution >= 4 is 41.8 Å². The summed E-state index contributed by atoms with van der Waals surface area (Å²) in [4.78, 5) is 0. The first-order valence-electron chi connectivity index (χ1n) is 2.24. The van der Waals surface area contributed by atoms with Gasteiger partial charge < -0.3 is 0 Å². The Morgan fingerprint density at radius 3 is 1.88 bits per heavy atom. The second kappa shape index (κ2) is 4.45. The first-order valence-corrected chi connectivity index (χ1v) is 15.1. The molecule has 1 nitrogen and oxygen atoms in total. The van der Waals surface area contributed by atoms with Crippen LogP contribution in [0.5, 0.6) is 0 Å². The molecule has 50 valence electrons. The van der Waals surface area contributed by atoms with Gasteiger partial charge in [0.25, 0.3) is 0 Å². The van der Waals surface area contributed by atoms with E-state index in [1.54, 1.807) is 0 Å². The van der Waals surface area contributed by atoms with E-state index in [1.165, 1.54) is 0 Å². The van der Waals surface area contributed by atoms with Gasteiger partial charge in [0, 0.05) is 0 Å². The molecule has 0 aliphatic heterocycles. The predicted octanol–water partition coefficient (Wildman–Crippen LogP) is 2.02. The van der Waals surface area contributed by atoms with Crippen LogP contribution >= 0.6 is 26.8 Å². The number of aliphatic hydroxyl groups excluding tert-OH is 1. The van der Waals surface area contributed by atoms with Gasteiger partial charge in [-0.15, -0.1) is 0 Å². The number of rotatable bonds is 3. The van der Waals surface area contributed by atoms with Crippen LogP contribution in [0.4, 0.5) is 0 Å². The van der Waals surface area contributed by atoms with Crippen LogP contribution in [0.1, 0.15) is 6.42 Å². The fourth-order valence-electron chi connectivity index (χ4n) is 0.280. The van der Waals surface area contributed by atoms with E-state index < -0.39 is 15.0 Å². The Kier molecular flexibility index (Phi) is 5.35. The van der Waals surface area contributed by atoms with Crippen molar-refractivity contribution in [1.82, 2.24) is 0 Å². The zero-order valence-electron chi connectivity index (χ0n) is 4.20. The van der Waals surface area contributed by atoms with Crippen LogP contribution in [0.25, 0.3) is 0 Å². The molecular weight excluding hydrogens is 277 g/mol. The monoisotopic (exact) mass is 284 g/mol. The van der Waals surface area contributed by atoms with Gasteiger partial charge in [-0.1, -0.05) is 0 Å². The maximum absolute atomic E-state index is 8.29. The van der Waals surface area contributed by atoms with E-state index >= 15 is 0 Å². The summed E-state index contributed by atoms with van der Waals surface area (Å²) < 4.78 is 0.621. The van der Waals surface area contributed by atoms with Crippen molar-refractivity contribution in [2.24, 2.45) is 0 Å². The molecule has 0 amide bonds. The average Bonchev–Trinajstić information content (AvgIpc) is 1.59. The molecule has 0 aliphatic carbocycles. The van der Waals surface area contributed by atoms with Crippen LogP contribution in [0.2, 0.25) is 4.44 Å². The van der Waals surface area contributed by atoms with Gasteiger partial charge in [-0.25, -0.2) is 0 Å². The molecule has 0 spiro atoms. The Labute approximate surface area is 63.9 Å². The zero-order valence-corrected chi connectivity index (χ0v) is 9.32. The summed E-state index contributed by atoms with van der Waals surface area (Å²) in [5.41, 5.74) is 0. The Morgan fingerprint density at radius 1 is 1.25 bits per heavy atom. The molecule has 0 rings (SSSR count). The quantitative estimate of drug-likeness (QED) is 0.786. The Bertz CT molecular complexity index is 62.0. The first-order chi connectivity index (χ1) is 3.56. The fourth-order valence-corrected chi connectivity index (χ4v) is 4.56. The fraction of sp³-hybridized carbons (Fsp3) is 1.00. The number of hydrogen-bond donors (Lipinski definition) is 1. The second-order valence-electron chi connectivity index (χ2n) is 1.44. The number of aliphatic hydroxyl groups is 1. The van der Waals surface area contributed by atoms with Crippen molar-refractivity contribution < 1.29 is 5.11 Å². The van der Waals surface area contributed by atoms with Crippen LogP contribution in [0.15, 0.2) is 0 Å². The van der Waals surface area contributed by atoms with Gasteiger partial charge in [-0.05, 0) is 0 Å². The molecule has 0 aliphatic rings. The van der Waals surface area contributed by atoms with E-state index in [1.807, 2.05) is 0 Å². The van der Waals surface area contributed by atoms with Gasteiger partial charge in [-0.3, -0.25) is 0 Å². The third-order valence-electron chi connectivity index (χ3n) is 0.618. The molecule has 0 unspecified atom stereocenters. The minimum atomic E-state index is -3.05. The van der Waals surface area contributed by atoms with E-state index in [9.17, 15) is 0 Å². The van der Waals surface area contributed by atoms with Crippen molar-refractivity contribution in [2.75, 3.05) is 6.61 Å². The molecule has 0 bridgehead atoms. The van der Waals surface area contributed by atoms with Crippen molar-refractivity contribution in [3.05, 3.63) is 0 Å². The molecule has 0 aromatic carbocycles. The summed E-state index contributed by atoms with van der Waals surface area (Å²) in [7, 11) is 16.6. The van der Waals surface area contributed by atoms with E-state index in [0.717, 1.165) is 0 Å². The maximum atomic E-state index is 8.29. The van der Waals surface area contributed by atoms with Crippen molar-refractivity contribution in [3.8, 4) is 0 Å². The molecule has 0 atom stereocenters. The Morgan fingerprint density at radius 2 is 1.75 bits per heavy atom. The Hall–Kier alpha value is 1.63. The molecule has 0 radical (unpaired) electrons. The summed E-state index contributed by atoms with van der Waals surface area (Å²) in [6.07, 6.45) is 0.632. The second-order valence-corrected chi connectivity index (χ2v) is 23.3. The molecule has 0 fully saturated rings. The summed E-state index contributed by atoms with van der Waals surface area (Å²) in [5, 5.41) is 8.29. The third-order valence-corrected chi connectivity index (χ3v) is 7.05. The van der Waals surface area contributed by atoms with Crippen LogP contribution in [-0.4, -0.2) is 26.7 Å². The predicted molar refractivity (Wildman–Crippen MR) is 39.8 cm³/mol. The van der Waals surface area contributed by atoms with Gasteiger partial charge in [0.1, 0.15) is 0 Å². The molecule has 0 aromatic rings. The Balaban J connectivity index is 3.11.